The molecule has 0 saturated heterocycles. The Morgan fingerprint density at radius 1 is 1.13 bits per heavy atom. The highest BCUT2D eigenvalue weighted by molar-refractivity contribution is 6.08. The molecule has 5 heterocycles. The zero-order chi connectivity index (χ0) is 26.8. The molecule has 38 heavy (non-hydrogen) atoms. The first kappa shape index (κ1) is 23.9. The monoisotopic (exact) mass is 525 g/mol. The topological polar surface area (TPSA) is 104 Å². The summed E-state index contributed by atoms with van der Waals surface area (Å²) in [6, 6.07) is 4.76. The molecular weight excluding hydrogens is 506 g/mol. The summed E-state index contributed by atoms with van der Waals surface area (Å²) in [4.78, 5) is 23.7. The van der Waals surface area contributed by atoms with Gasteiger partial charge in [0.1, 0.15) is 17.3 Å². The Balaban J connectivity index is 1.42. The van der Waals surface area contributed by atoms with Crippen LogP contribution in [0.4, 0.5) is 29.1 Å². The van der Waals surface area contributed by atoms with Crippen LogP contribution in [0.1, 0.15) is 32.7 Å². The summed E-state index contributed by atoms with van der Waals surface area (Å²) in [6.45, 7) is 0.383. The molecule has 6 rings (SSSR count). The van der Waals surface area contributed by atoms with Gasteiger partial charge in [0.05, 0.1) is 54.0 Å². The van der Waals surface area contributed by atoms with Crippen molar-refractivity contribution in [3.05, 3.63) is 82.8 Å². The molecule has 0 radical (unpaired) electrons. The van der Waals surface area contributed by atoms with E-state index in [4.69, 9.17) is 10.5 Å². The molecule has 0 spiro atoms. The van der Waals surface area contributed by atoms with Gasteiger partial charge in [0.2, 0.25) is 0 Å². The molecule has 0 saturated carbocycles. The number of pyridine rings is 2. The van der Waals surface area contributed by atoms with Gasteiger partial charge in [-0.3, -0.25) is 14.4 Å². The number of aryl methyl sites for hydroxylation is 1. The van der Waals surface area contributed by atoms with Crippen molar-refractivity contribution in [2.45, 2.75) is 25.9 Å². The largest absolute Gasteiger partial charge is 0.417 e. The van der Waals surface area contributed by atoms with Gasteiger partial charge in [0.15, 0.2) is 0 Å². The second-order valence-electron chi connectivity index (χ2n) is 8.97. The van der Waals surface area contributed by atoms with E-state index in [1.807, 2.05) is 0 Å². The molecule has 4 aromatic heterocycles. The number of carbonyl (C=O) groups excluding carboxylic acids is 1. The van der Waals surface area contributed by atoms with Crippen LogP contribution in [0.25, 0.3) is 16.6 Å². The highest BCUT2D eigenvalue weighted by Gasteiger charge is 2.31. The van der Waals surface area contributed by atoms with Crippen molar-refractivity contribution in [2.75, 3.05) is 10.6 Å². The summed E-state index contributed by atoms with van der Waals surface area (Å²) in [5, 5.41) is 4.65. The van der Waals surface area contributed by atoms with E-state index >= 15 is 4.39 Å². The van der Waals surface area contributed by atoms with Gasteiger partial charge in [-0.1, -0.05) is 0 Å². The van der Waals surface area contributed by atoms with Crippen molar-refractivity contribution < 1.29 is 27.1 Å². The average molecular weight is 525 g/mol. The van der Waals surface area contributed by atoms with Crippen LogP contribution in [0.5, 0.6) is 0 Å². The fourth-order valence-corrected chi connectivity index (χ4v) is 4.58. The summed E-state index contributed by atoms with van der Waals surface area (Å²) in [6.07, 6.45) is 0.806. The zero-order valence-electron chi connectivity index (χ0n) is 19.8. The lowest BCUT2D eigenvalue weighted by Crippen LogP contribution is -2.31. The molecule has 1 aromatic carbocycles. The first-order chi connectivity index (χ1) is 18.1. The first-order valence-electron chi connectivity index (χ1n) is 11.4. The number of hydrogen-bond donors (Lipinski definition) is 1. The third-order valence-electron chi connectivity index (χ3n) is 6.44. The lowest BCUT2D eigenvalue weighted by molar-refractivity contribution is -0.137. The summed E-state index contributed by atoms with van der Waals surface area (Å²) in [5.74, 6) is -1.23. The van der Waals surface area contributed by atoms with Crippen molar-refractivity contribution in [3.8, 4) is 0 Å². The minimum atomic E-state index is -4.52. The van der Waals surface area contributed by atoms with Gasteiger partial charge < -0.3 is 14.9 Å². The highest BCUT2D eigenvalue weighted by atomic mass is 19.4. The Hall–Kier alpha value is -4.52. The Kier molecular flexibility index (Phi) is 5.35. The van der Waals surface area contributed by atoms with E-state index in [1.165, 1.54) is 38.5 Å². The van der Waals surface area contributed by atoms with Gasteiger partial charge in [0.25, 0.3) is 5.91 Å². The maximum atomic E-state index is 15.3. The molecule has 1 amide bonds. The van der Waals surface area contributed by atoms with Gasteiger partial charge in [-0.15, -0.1) is 0 Å². The van der Waals surface area contributed by atoms with Crippen LogP contribution in [-0.2, 0) is 37.7 Å². The zero-order valence-corrected chi connectivity index (χ0v) is 19.8. The number of nitrogens with two attached hydrogens (primary N) is 1. The van der Waals surface area contributed by atoms with E-state index < -0.39 is 23.5 Å². The Labute approximate surface area is 212 Å². The van der Waals surface area contributed by atoms with Crippen LogP contribution in [-0.4, -0.2) is 30.1 Å². The number of benzene rings is 1. The van der Waals surface area contributed by atoms with Crippen molar-refractivity contribution in [2.24, 2.45) is 7.05 Å². The number of aromatic nitrogens is 5. The van der Waals surface area contributed by atoms with Crippen LogP contribution < -0.4 is 10.6 Å². The standard InChI is InChI=1S/C25H19F4N7O2/c1-34-10-15(6-31-34)36(9-14-8-35-7-13(25(27,28)29)2-3-22(35)32-14)24(37)17-4-16-18-11-38-12-19(18)23(30)33-21(16)5-20(17)26/h2-8,10H,9,11-12H2,1H3,(H2,30,33). The predicted molar refractivity (Wildman–Crippen MR) is 129 cm³/mol. The summed E-state index contributed by atoms with van der Waals surface area (Å²) in [7, 11) is 1.66. The molecular formula is C25H19F4N7O2. The summed E-state index contributed by atoms with van der Waals surface area (Å²) >= 11 is 0. The van der Waals surface area contributed by atoms with Crippen LogP contribution in [0.15, 0.2) is 49.1 Å². The van der Waals surface area contributed by atoms with Crippen molar-refractivity contribution in [1.82, 2.24) is 24.1 Å². The predicted octanol–water partition coefficient (Wildman–Crippen LogP) is 4.23. The second kappa shape index (κ2) is 8.52. The number of alkyl halides is 3. The average Bonchev–Trinajstić information content (AvgIpc) is 3.60. The molecule has 194 valence electrons. The molecule has 0 bridgehead atoms. The number of rotatable bonds is 4. The van der Waals surface area contributed by atoms with E-state index in [9.17, 15) is 18.0 Å². The Morgan fingerprint density at radius 2 is 1.92 bits per heavy atom. The number of fused-ring (bicyclic) bond motifs is 4. The molecule has 1 aliphatic rings. The maximum Gasteiger partial charge on any atom is 0.417 e. The fraction of sp³-hybridized carbons (Fsp3) is 0.200. The number of imidazole rings is 1. The van der Waals surface area contributed by atoms with Gasteiger partial charge in [0, 0.05) is 42.7 Å². The van der Waals surface area contributed by atoms with Crippen LogP contribution in [0.2, 0.25) is 0 Å². The number of nitrogens with zero attached hydrogens (tertiary/aromatic N) is 6. The van der Waals surface area contributed by atoms with E-state index in [-0.39, 0.29) is 36.8 Å². The maximum absolute atomic E-state index is 15.3. The lowest BCUT2D eigenvalue weighted by atomic mass is 10.0. The lowest BCUT2D eigenvalue weighted by Gasteiger charge is -2.21. The van der Waals surface area contributed by atoms with E-state index in [1.54, 1.807) is 13.2 Å². The molecule has 0 aliphatic carbocycles. The van der Waals surface area contributed by atoms with Gasteiger partial charge in [-0.25, -0.2) is 14.4 Å². The number of anilines is 2. The molecule has 0 fully saturated rings. The first-order valence-corrected chi connectivity index (χ1v) is 11.4. The van der Waals surface area contributed by atoms with Gasteiger partial charge >= 0.3 is 6.18 Å². The highest BCUT2D eigenvalue weighted by Crippen LogP contribution is 2.33. The number of nitrogen functional groups attached to an aromatic ring is 1. The second-order valence-corrected chi connectivity index (χ2v) is 8.97. The number of carbonyl (C=O) groups is 1. The number of amides is 1. The van der Waals surface area contributed by atoms with E-state index in [0.717, 1.165) is 23.9 Å². The minimum absolute atomic E-state index is 0.147. The van der Waals surface area contributed by atoms with Crippen LogP contribution >= 0.6 is 0 Å². The van der Waals surface area contributed by atoms with E-state index in [0.29, 0.717) is 27.8 Å². The van der Waals surface area contributed by atoms with Gasteiger partial charge in [-0.05, 0) is 23.8 Å². The van der Waals surface area contributed by atoms with Crippen molar-refractivity contribution in [1.29, 1.82) is 0 Å². The SMILES string of the molecule is Cn1cc(N(Cc2cn3cc(C(F)(F)F)ccc3n2)C(=O)c2cc3c4c(c(N)nc3cc2F)COC4)cn1. The quantitative estimate of drug-likeness (QED) is 0.352. The third kappa shape index (κ3) is 4.00. The smallest absolute Gasteiger partial charge is 0.383 e. The molecule has 5 aromatic rings. The summed E-state index contributed by atoms with van der Waals surface area (Å²) < 4.78 is 63.0. The van der Waals surface area contributed by atoms with Crippen LogP contribution in [0, 0.1) is 5.82 Å². The van der Waals surface area contributed by atoms with Crippen LogP contribution in [0.3, 0.4) is 0 Å². The van der Waals surface area contributed by atoms with Gasteiger partial charge in [-0.2, -0.15) is 18.3 Å². The number of hydrogen-bond acceptors (Lipinski definition) is 6. The van der Waals surface area contributed by atoms with Crippen molar-refractivity contribution >= 4 is 34.0 Å². The minimum Gasteiger partial charge on any atom is -0.383 e. The molecule has 0 atom stereocenters. The Morgan fingerprint density at radius 3 is 2.66 bits per heavy atom. The normalized spacial score (nSPS) is 13.4. The van der Waals surface area contributed by atoms with Crippen molar-refractivity contribution in [3.63, 3.8) is 0 Å². The molecule has 1 aliphatic heterocycles. The number of halogens is 4. The molecule has 9 nitrogen and oxygen atoms in total. The number of ether oxygens (including phenoxy) is 1. The molecule has 13 heteroatoms. The van der Waals surface area contributed by atoms with E-state index in [2.05, 4.69) is 15.1 Å². The third-order valence-corrected chi connectivity index (χ3v) is 6.44. The fourth-order valence-electron chi connectivity index (χ4n) is 4.58. The summed E-state index contributed by atoms with van der Waals surface area (Å²) in [5.41, 5.74) is 7.61. The Bertz CT molecular complexity index is 1740. The molecule has 0 unspecified atom stereocenters. The molecule has 2 N–H and O–H groups in total.